The van der Waals surface area contributed by atoms with E-state index in [0.717, 1.165) is 11.8 Å². The molecular formula is C26H26BFN2O4S. The standard InChI is InChI=1S/C26H26BFN2O4S/c1-17-11-13-20(14-12-17)35(31,32)30-23(18-9-7-6-8-10-18)22(21-15-19(28)16-29-24(21)30)27-33-25(2,3)26(4,5)34-27/h6-16H,1-5H3. The van der Waals surface area contributed by atoms with Gasteiger partial charge in [0, 0.05) is 10.8 Å². The number of nitrogens with zero attached hydrogens (tertiary/aromatic N) is 2. The number of rotatable bonds is 4. The monoisotopic (exact) mass is 492 g/mol. The predicted molar refractivity (Wildman–Crippen MR) is 135 cm³/mol. The molecule has 35 heavy (non-hydrogen) atoms. The maximum atomic E-state index is 14.5. The minimum atomic E-state index is -4.12. The van der Waals surface area contributed by atoms with Crippen LogP contribution < -0.4 is 5.46 Å². The van der Waals surface area contributed by atoms with Gasteiger partial charge < -0.3 is 9.31 Å². The summed E-state index contributed by atoms with van der Waals surface area (Å²) in [5.74, 6) is -0.584. The van der Waals surface area contributed by atoms with E-state index in [4.69, 9.17) is 9.31 Å². The van der Waals surface area contributed by atoms with Crippen molar-refractivity contribution in [3.8, 4) is 11.3 Å². The zero-order chi connectivity index (χ0) is 25.2. The Morgan fingerprint density at radius 1 is 0.943 bits per heavy atom. The van der Waals surface area contributed by atoms with E-state index in [1.165, 1.54) is 10.0 Å². The number of aromatic nitrogens is 2. The van der Waals surface area contributed by atoms with Crippen LogP contribution in [0, 0.1) is 12.7 Å². The van der Waals surface area contributed by atoms with Gasteiger partial charge in [-0.2, -0.15) is 0 Å². The fourth-order valence-electron chi connectivity index (χ4n) is 4.25. The summed E-state index contributed by atoms with van der Waals surface area (Å²) < 4.78 is 56.5. The molecule has 2 aromatic carbocycles. The second-order valence-electron chi connectivity index (χ2n) is 9.82. The molecule has 2 aromatic heterocycles. The highest BCUT2D eigenvalue weighted by Crippen LogP contribution is 2.39. The first kappa shape index (κ1) is 23.7. The highest BCUT2D eigenvalue weighted by atomic mass is 32.2. The summed E-state index contributed by atoms with van der Waals surface area (Å²) in [7, 11) is -5.05. The molecule has 3 heterocycles. The van der Waals surface area contributed by atoms with Gasteiger partial charge in [-0.05, 0) is 58.4 Å². The van der Waals surface area contributed by atoms with Gasteiger partial charge in [-0.25, -0.2) is 21.8 Å². The lowest BCUT2D eigenvalue weighted by molar-refractivity contribution is 0.00578. The normalized spacial score (nSPS) is 17.3. The van der Waals surface area contributed by atoms with E-state index in [0.29, 0.717) is 22.1 Å². The Bertz CT molecular complexity index is 1520. The fraction of sp³-hybridized carbons (Fsp3) is 0.269. The predicted octanol–water partition coefficient (Wildman–Crippen LogP) is 4.69. The quantitative estimate of drug-likeness (QED) is 0.387. The Kier molecular flexibility index (Phi) is 5.43. The Balaban J connectivity index is 1.89. The first-order chi connectivity index (χ1) is 16.4. The van der Waals surface area contributed by atoms with E-state index in [9.17, 15) is 12.8 Å². The molecule has 0 aliphatic carbocycles. The summed E-state index contributed by atoms with van der Waals surface area (Å²) >= 11 is 0. The Hall–Kier alpha value is -3.01. The number of halogens is 1. The minimum Gasteiger partial charge on any atom is -0.399 e. The van der Waals surface area contributed by atoms with E-state index in [1.807, 2.05) is 52.8 Å². The number of pyridine rings is 1. The van der Waals surface area contributed by atoms with Crippen LogP contribution in [0.2, 0.25) is 0 Å². The van der Waals surface area contributed by atoms with E-state index in [2.05, 4.69) is 4.98 Å². The van der Waals surface area contributed by atoms with Crippen LogP contribution in [-0.4, -0.2) is 35.7 Å². The molecule has 0 amide bonds. The molecule has 0 atom stereocenters. The summed E-state index contributed by atoms with van der Waals surface area (Å²) in [5, 5.41) is 0.318. The van der Waals surface area contributed by atoms with Gasteiger partial charge >= 0.3 is 7.12 Å². The van der Waals surface area contributed by atoms with Crippen LogP contribution in [0.1, 0.15) is 33.3 Å². The van der Waals surface area contributed by atoms with Crippen molar-refractivity contribution in [2.45, 2.75) is 50.7 Å². The van der Waals surface area contributed by atoms with Crippen LogP contribution in [0.15, 0.2) is 71.8 Å². The number of hydrogen-bond donors (Lipinski definition) is 0. The summed E-state index contributed by atoms with van der Waals surface area (Å²) in [5.41, 5.74) is 1.04. The largest absolute Gasteiger partial charge is 0.497 e. The van der Waals surface area contributed by atoms with Crippen molar-refractivity contribution in [3.63, 3.8) is 0 Å². The molecule has 0 unspecified atom stereocenters. The average molecular weight is 492 g/mol. The Morgan fingerprint density at radius 2 is 1.54 bits per heavy atom. The topological polar surface area (TPSA) is 70.4 Å². The second-order valence-corrected chi connectivity index (χ2v) is 11.6. The lowest BCUT2D eigenvalue weighted by Gasteiger charge is -2.32. The minimum absolute atomic E-state index is 0.101. The molecule has 1 saturated heterocycles. The van der Waals surface area contributed by atoms with Gasteiger partial charge in [-0.1, -0.05) is 48.0 Å². The maximum absolute atomic E-state index is 14.5. The van der Waals surface area contributed by atoms with Crippen LogP contribution in [0.25, 0.3) is 22.3 Å². The van der Waals surface area contributed by atoms with Crippen molar-refractivity contribution < 1.29 is 22.1 Å². The molecule has 4 aromatic rings. The SMILES string of the molecule is Cc1ccc(S(=O)(=O)n2c(-c3ccccc3)c(B3OC(C)(C)C(C)(C)O3)c3cc(F)cnc32)cc1. The van der Waals surface area contributed by atoms with Crippen LogP contribution >= 0.6 is 0 Å². The third-order valence-corrected chi connectivity index (χ3v) is 8.57. The van der Waals surface area contributed by atoms with Crippen LogP contribution in [-0.2, 0) is 19.3 Å². The summed E-state index contributed by atoms with van der Waals surface area (Å²) in [6.45, 7) is 9.54. The van der Waals surface area contributed by atoms with Crippen molar-refractivity contribution in [3.05, 3.63) is 78.2 Å². The van der Waals surface area contributed by atoms with Crippen molar-refractivity contribution >= 4 is 33.6 Å². The number of benzene rings is 2. The highest BCUT2D eigenvalue weighted by molar-refractivity contribution is 7.90. The van der Waals surface area contributed by atoms with Crippen molar-refractivity contribution in [1.82, 2.24) is 8.96 Å². The molecule has 180 valence electrons. The molecular weight excluding hydrogens is 466 g/mol. The lowest BCUT2D eigenvalue weighted by atomic mass is 9.76. The summed E-state index contributed by atoms with van der Waals surface area (Å²) in [6, 6.07) is 17.0. The fourth-order valence-corrected chi connectivity index (χ4v) is 5.76. The third-order valence-electron chi connectivity index (χ3n) is 6.87. The first-order valence-corrected chi connectivity index (χ1v) is 12.8. The van der Waals surface area contributed by atoms with Crippen molar-refractivity contribution in [1.29, 1.82) is 0 Å². The number of hydrogen-bond acceptors (Lipinski definition) is 5. The van der Waals surface area contributed by atoms with Crippen LogP contribution in [0.5, 0.6) is 0 Å². The van der Waals surface area contributed by atoms with E-state index in [1.54, 1.807) is 36.4 Å². The molecule has 1 aliphatic heterocycles. The smallest absolute Gasteiger partial charge is 0.399 e. The first-order valence-electron chi connectivity index (χ1n) is 11.4. The van der Waals surface area contributed by atoms with Gasteiger partial charge in [0.15, 0.2) is 5.65 Å². The summed E-state index contributed by atoms with van der Waals surface area (Å²) in [4.78, 5) is 4.34. The van der Waals surface area contributed by atoms with Crippen LogP contribution in [0.4, 0.5) is 4.39 Å². The number of aryl methyl sites for hydroxylation is 1. The molecule has 6 nitrogen and oxygen atoms in total. The molecule has 5 rings (SSSR count). The molecule has 9 heteroatoms. The molecule has 0 spiro atoms. The molecule has 0 N–H and O–H groups in total. The Morgan fingerprint density at radius 3 is 2.14 bits per heavy atom. The molecule has 1 fully saturated rings. The Labute approximate surface area is 204 Å². The molecule has 0 radical (unpaired) electrons. The lowest BCUT2D eigenvalue weighted by Crippen LogP contribution is -2.41. The zero-order valence-electron chi connectivity index (χ0n) is 20.2. The van der Waals surface area contributed by atoms with Gasteiger partial charge in [0.1, 0.15) is 5.82 Å². The molecule has 1 aliphatic rings. The number of fused-ring (bicyclic) bond motifs is 1. The van der Waals surface area contributed by atoms with E-state index < -0.39 is 34.2 Å². The maximum Gasteiger partial charge on any atom is 0.497 e. The highest BCUT2D eigenvalue weighted by Gasteiger charge is 2.53. The third kappa shape index (κ3) is 3.78. The van der Waals surface area contributed by atoms with E-state index >= 15 is 0 Å². The van der Waals surface area contributed by atoms with Gasteiger partial charge in [0.25, 0.3) is 10.0 Å². The van der Waals surface area contributed by atoms with Gasteiger partial charge in [0.05, 0.1) is 28.0 Å². The van der Waals surface area contributed by atoms with Gasteiger partial charge in [-0.3, -0.25) is 0 Å². The average Bonchev–Trinajstić information content (AvgIpc) is 3.24. The summed E-state index contributed by atoms with van der Waals surface area (Å²) in [6.07, 6.45) is 1.02. The second kappa shape index (κ2) is 8.01. The van der Waals surface area contributed by atoms with Crippen LogP contribution in [0.3, 0.4) is 0 Å². The van der Waals surface area contributed by atoms with Crippen molar-refractivity contribution in [2.24, 2.45) is 0 Å². The van der Waals surface area contributed by atoms with Gasteiger partial charge in [0.2, 0.25) is 0 Å². The van der Waals surface area contributed by atoms with E-state index in [-0.39, 0.29) is 10.5 Å². The zero-order valence-corrected chi connectivity index (χ0v) is 21.1. The molecule has 0 bridgehead atoms. The van der Waals surface area contributed by atoms with Gasteiger partial charge in [-0.15, -0.1) is 0 Å². The van der Waals surface area contributed by atoms with Crippen molar-refractivity contribution in [2.75, 3.05) is 0 Å². The molecule has 0 saturated carbocycles.